The second-order valence-electron chi connectivity index (χ2n) is 2.87. The summed E-state index contributed by atoms with van der Waals surface area (Å²) < 4.78 is 25.2. The highest BCUT2D eigenvalue weighted by atomic mass is 35.5. The predicted octanol–water partition coefficient (Wildman–Crippen LogP) is 2.18. The zero-order valence-corrected chi connectivity index (χ0v) is 9.56. The third kappa shape index (κ3) is 3.95. The minimum atomic E-state index is -0.745. The highest BCUT2D eigenvalue weighted by molar-refractivity contribution is 7.59. The average Bonchev–Trinajstić information content (AvgIpc) is 2.19. The fourth-order valence-electron chi connectivity index (χ4n) is 1.16. The Kier molecular flexibility index (Phi) is 6.84. The predicted molar refractivity (Wildman–Crippen MR) is 60.4 cm³/mol. The van der Waals surface area contributed by atoms with Crippen LogP contribution in [0, 0.1) is 5.82 Å². The van der Waals surface area contributed by atoms with E-state index in [1.807, 2.05) is 0 Å². The van der Waals surface area contributed by atoms with Crippen LogP contribution in [0.5, 0.6) is 0 Å². The van der Waals surface area contributed by atoms with Crippen molar-refractivity contribution in [3.8, 4) is 0 Å². The highest BCUT2D eigenvalue weighted by Gasteiger charge is 2.10. The summed E-state index contributed by atoms with van der Waals surface area (Å²) in [6, 6.07) is 3.18. The van der Waals surface area contributed by atoms with Crippen molar-refractivity contribution >= 4 is 25.3 Å². The number of rotatable bonds is 4. The van der Waals surface area contributed by atoms with Crippen molar-refractivity contribution in [3.05, 3.63) is 35.1 Å². The molecule has 6 heteroatoms. The smallest absolute Gasteiger partial charge is 0.123 e. The van der Waals surface area contributed by atoms with Crippen molar-refractivity contribution in [2.45, 2.75) is 12.7 Å². The minimum Gasteiger partial charge on any atom is -0.394 e. The molecule has 1 aromatic carbocycles. The molecule has 0 saturated carbocycles. The summed E-state index contributed by atoms with van der Waals surface area (Å²) >= 11 is 5.32. The van der Waals surface area contributed by atoms with E-state index in [0.29, 0.717) is 5.56 Å². The zero-order chi connectivity index (χ0) is 10.6. The van der Waals surface area contributed by atoms with Gasteiger partial charge in [0.15, 0.2) is 0 Å². The van der Waals surface area contributed by atoms with Crippen molar-refractivity contribution in [2.24, 2.45) is 0 Å². The lowest BCUT2D eigenvalue weighted by molar-refractivity contribution is 0.260. The van der Waals surface area contributed by atoms with Crippen LogP contribution in [0.2, 0.25) is 0 Å². The molecule has 1 rings (SSSR count). The van der Waals surface area contributed by atoms with Gasteiger partial charge >= 0.3 is 0 Å². The van der Waals surface area contributed by atoms with Gasteiger partial charge in [0.1, 0.15) is 12.5 Å². The quantitative estimate of drug-likeness (QED) is 0.809. The van der Waals surface area contributed by atoms with Crippen LogP contribution in [0.25, 0.3) is 0 Å². The number of nitrogens with one attached hydrogen (secondary N) is 1. The topological polar surface area (TPSA) is 32.3 Å². The molecule has 1 aromatic rings. The van der Waals surface area contributed by atoms with Crippen LogP contribution in [0.1, 0.15) is 17.2 Å². The van der Waals surface area contributed by atoms with Gasteiger partial charge in [0.25, 0.3) is 0 Å². The van der Waals surface area contributed by atoms with Crippen LogP contribution in [0.3, 0.4) is 0 Å². The Balaban J connectivity index is 0.00000196. The third-order valence-corrected chi connectivity index (χ3v) is 2.11. The van der Waals surface area contributed by atoms with Crippen LogP contribution in [0.15, 0.2) is 18.2 Å². The molecule has 0 radical (unpaired) electrons. The van der Waals surface area contributed by atoms with Crippen LogP contribution in [-0.2, 0) is 6.67 Å². The molecule has 0 amide bonds. The maximum Gasteiger partial charge on any atom is 0.123 e. The summed E-state index contributed by atoms with van der Waals surface area (Å²) in [6.45, 7) is -1.02. The molecule has 0 spiro atoms. The van der Waals surface area contributed by atoms with E-state index >= 15 is 0 Å². The first kappa shape index (κ1) is 14.6. The second kappa shape index (κ2) is 7.00. The highest BCUT2D eigenvalue weighted by Crippen LogP contribution is 2.17. The number of aliphatic hydroxyl groups excluding tert-OH is 1. The molecule has 0 aliphatic heterocycles. The Morgan fingerprint density at radius 1 is 1.40 bits per heavy atom. The van der Waals surface area contributed by atoms with E-state index in [-0.39, 0.29) is 25.7 Å². The van der Waals surface area contributed by atoms with Crippen LogP contribution in [0.4, 0.5) is 8.78 Å². The van der Waals surface area contributed by atoms with Crippen molar-refractivity contribution < 1.29 is 13.9 Å². The summed E-state index contributed by atoms with van der Waals surface area (Å²) in [7, 11) is 0. The molecular formula is C9H12ClF2NOS. The van der Waals surface area contributed by atoms with E-state index in [1.165, 1.54) is 12.1 Å². The molecule has 15 heavy (non-hydrogen) atoms. The summed E-state index contributed by atoms with van der Waals surface area (Å²) in [4.78, 5) is 2.28. The van der Waals surface area contributed by atoms with Crippen LogP contribution >= 0.6 is 25.3 Å². The number of benzene rings is 1. The van der Waals surface area contributed by atoms with Gasteiger partial charge in [-0.15, -0.1) is 0 Å². The maximum atomic E-state index is 12.9. The molecule has 0 fully saturated rings. The number of hydrogen-bond acceptors (Lipinski definition) is 2. The van der Waals surface area contributed by atoms with Crippen molar-refractivity contribution in [1.82, 2.24) is 4.84 Å². The molecule has 0 bridgehead atoms. The first-order valence-electron chi connectivity index (χ1n) is 4.03. The molecule has 2 nitrogen and oxygen atoms in total. The van der Waals surface area contributed by atoms with E-state index in [1.54, 1.807) is 0 Å². The van der Waals surface area contributed by atoms with Gasteiger partial charge in [0, 0.05) is 0 Å². The lowest BCUT2D eigenvalue weighted by atomic mass is 10.1. The molecule has 86 valence electrons. The van der Waals surface area contributed by atoms with Gasteiger partial charge in [-0.05, 0) is 35.0 Å². The normalized spacial score (nSPS) is 12.0. The van der Waals surface area contributed by atoms with Gasteiger partial charge in [-0.25, -0.2) is 13.6 Å². The van der Waals surface area contributed by atoms with E-state index in [9.17, 15) is 8.78 Å². The van der Waals surface area contributed by atoms with Gasteiger partial charge < -0.3 is 5.11 Å². The third-order valence-electron chi connectivity index (χ3n) is 1.85. The molecule has 0 aliphatic carbocycles. The van der Waals surface area contributed by atoms with Crippen molar-refractivity contribution in [3.63, 3.8) is 0 Å². The van der Waals surface area contributed by atoms with Gasteiger partial charge in [0.05, 0.1) is 12.6 Å². The van der Waals surface area contributed by atoms with E-state index in [0.717, 1.165) is 6.07 Å². The van der Waals surface area contributed by atoms with E-state index in [2.05, 4.69) is 4.84 Å². The monoisotopic (exact) mass is 255 g/mol. The lowest BCUT2D eigenvalue weighted by Gasteiger charge is -2.12. The number of halogens is 3. The largest absolute Gasteiger partial charge is 0.394 e. The standard InChI is InChI=1S/C9H10ClF2NO.H2S/c10-13-9(5-14)7-1-6(4-11)2-8(12)3-7;/h1-3,9,13-14H,4-5H2;1H2/t9-;/m1./s1. The number of hydrogen-bond donors (Lipinski definition) is 2. The Hall–Kier alpha value is -0.360. The van der Waals surface area contributed by atoms with Gasteiger partial charge in [-0.3, -0.25) is 0 Å². The zero-order valence-electron chi connectivity index (χ0n) is 7.80. The fraction of sp³-hybridized carbons (Fsp3) is 0.333. The summed E-state index contributed by atoms with van der Waals surface area (Å²) in [5.74, 6) is -0.541. The molecule has 0 unspecified atom stereocenters. The summed E-state index contributed by atoms with van der Waals surface area (Å²) in [5.41, 5.74) is 0.653. The van der Waals surface area contributed by atoms with E-state index in [4.69, 9.17) is 16.9 Å². The Morgan fingerprint density at radius 2 is 2.07 bits per heavy atom. The molecule has 0 saturated heterocycles. The molecular weight excluding hydrogens is 244 g/mol. The van der Waals surface area contributed by atoms with Crippen LogP contribution < -0.4 is 4.84 Å². The first-order chi connectivity index (χ1) is 6.71. The first-order valence-corrected chi connectivity index (χ1v) is 4.41. The maximum absolute atomic E-state index is 12.9. The Bertz CT molecular complexity index is 310. The molecule has 1 atom stereocenters. The Morgan fingerprint density at radius 3 is 2.53 bits per heavy atom. The summed E-state index contributed by atoms with van der Waals surface area (Å²) in [6.07, 6.45) is 0. The van der Waals surface area contributed by atoms with E-state index < -0.39 is 18.5 Å². The fourth-order valence-corrected chi connectivity index (χ4v) is 1.35. The average molecular weight is 256 g/mol. The number of alkyl halides is 1. The molecule has 0 aromatic heterocycles. The lowest BCUT2D eigenvalue weighted by Crippen LogP contribution is -2.15. The van der Waals surface area contributed by atoms with Gasteiger partial charge in [-0.1, -0.05) is 6.07 Å². The van der Waals surface area contributed by atoms with Crippen molar-refractivity contribution in [1.29, 1.82) is 0 Å². The minimum absolute atomic E-state index is 0. The SMILES string of the molecule is OC[C@@H](NCl)c1cc(F)cc(CF)c1.S. The molecule has 0 heterocycles. The molecule has 0 aliphatic rings. The molecule has 2 N–H and O–H groups in total. The number of aliphatic hydroxyl groups is 1. The Labute approximate surface area is 98.8 Å². The van der Waals surface area contributed by atoms with Crippen molar-refractivity contribution in [2.75, 3.05) is 6.61 Å². The second-order valence-corrected chi connectivity index (χ2v) is 3.09. The van der Waals surface area contributed by atoms with Crippen LogP contribution in [-0.4, -0.2) is 11.7 Å². The van der Waals surface area contributed by atoms with Gasteiger partial charge in [0.2, 0.25) is 0 Å². The summed E-state index contributed by atoms with van der Waals surface area (Å²) in [5, 5.41) is 8.87. The van der Waals surface area contributed by atoms with Gasteiger partial charge in [-0.2, -0.15) is 13.5 Å².